The monoisotopic (exact) mass is 319 g/mol. The molecule has 23 heavy (non-hydrogen) atoms. The van der Waals surface area contributed by atoms with Gasteiger partial charge in [-0.15, -0.1) is 0 Å². The Morgan fingerprint density at radius 1 is 1.13 bits per heavy atom. The van der Waals surface area contributed by atoms with Crippen molar-refractivity contribution < 1.29 is 18.3 Å². The van der Waals surface area contributed by atoms with Crippen molar-refractivity contribution in [3.05, 3.63) is 48.0 Å². The fourth-order valence-electron chi connectivity index (χ4n) is 2.72. The van der Waals surface area contributed by atoms with Crippen LogP contribution in [-0.2, 0) is 0 Å². The van der Waals surface area contributed by atoms with E-state index in [0.717, 1.165) is 43.0 Å². The van der Waals surface area contributed by atoms with Crippen LogP contribution in [0.4, 0.5) is 8.78 Å². The van der Waals surface area contributed by atoms with E-state index in [1.807, 2.05) is 24.3 Å². The van der Waals surface area contributed by atoms with Crippen LogP contribution >= 0.6 is 0 Å². The molecule has 1 atom stereocenters. The molecule has 3 nitrogen and oxygen atoms in total. The number of methoxy groups -OCH3 is 1. The molecule has 0 amide bonds. The van der Waals surface area contributed by atoms with Gasteiger partial charge in [0.05, 0.1) is 13.7 Å². The van der Waals surface area contributed by atoms with E-state index in [1.165, 1.54) is 7.11 Å². The van der Waals surface area contributed by atoms with Crippen molar-refractivity contribution in [2.75, 3.05) is 26.8 Å². The van der Waals surface area contributed by atoms with Crippen LogP contribution in [0.1, 0.15) is 6.42 Å². The van der Waals surface area contributed by atoms with Crippen molar-refractivity contribution in [1.82, 2.24) is 5.32 Å². The second kappa shape index (κ2) is 6.96. The highest BCUT2D eigenvalue weighted by atomic mass is 19.2. The van der Waals surface area contributed by atoms with Gasteiger partial charge in [-0.25, -0.2) is 8.78 Å². The lowest BCUT2D eigenvalue weighted by Gasteiger charge is -2.12. The topological polar surface area (TPSA) is 30.5 Å². The van der Waals surface area contributed by atoms with E-state index < -0.39 is 11.6 Å². The summed E-state index contributed by atoms with van der Waals surface area (Å²) in [6.45, 7) is 2.72. The van der Waals surface area contributed by atoms with Crippen LogP contribution in [0.15, 0.2) is 36.4 Å². The Morgan fingerprint density at radius 2 is 1.87 bits per heavy atom. The molecule has 0 spiro atoms. The molecule has 1 N–H and O–H groups in total. The Kier molecular flexibility index (Phi) is 4.76. The van der Waals surface area contributed by atoms with E-state index in [4.69, 9.17) is 9.47 Å². The molecule has 2 aromatic rings. The average Bonchev–Trinajstić information content (AvgIpc) is 3.09. The quantitative estimate of drug-likeness (QED) is 0.913. The molecule has 3 rings (SSSR count). The Bertz CT molecular complexity index is 667. The molecular formula is C18H19F2NO2. The maximum atomic E-state index is 13.5. The predicted molar refractivity (Wildman–Crippen MR) is 84.8 cm³/mol. The van der Waals surface area contributed by atoms with Crippen molar-refractivity contribution in [3.63, 3.8) is 0 Å². The van der Waals surface area contributed by atoms with Crippen LogP contribution in [0.3, 0.4) is 0 Å². The summed E-state index contributed by atoms with van der Waals surface area (Å²) in [5.41, 5.74) is 1.26. The van der Waals surface area contributed by atoms with E-state index in [9.17, 15) is 8.78 Å². The van der Waals surface area contributed by atoms with Crippen LogP contribution < -0.4 is 14.8 Å². The number of hydrogen-bond donors (Lipinski definition) is 1. The van der Waals surface area contributed by atoms with Gasteiger partial charge in [-0.05, 0) is 36.7 Å². The molecule has 1 aliphatic heterocycles. The fourth-order valence-corrected chi connectivity index (χ4v) is 2.72. The molecule has 1 saturated heterocycles. The molecule has 0 bridgehead atoms. The normalized spacial score (nSPS) is 17.3. The smallest absolute Gasteiger partial charge is 0.162 e. The van der Waals surface area contributed by atoms with E-state index >= 15 is 0 Å². The van der Waals surface area contributed by atoms with Gasteiger partial charge >= 0.3 is 0 Å². The van der Waals surface area contributed by atoms with Crippen LogP contribution in [0, 0.1) is 17.6 Å². The van der Waals surface area contributed by atoms with Gasteiger partial charge < -0.3 is 14.8 Å². The minimum Gasteiger partial charge on any atom is -0.496 e. The first-order valence-electron chi connectivity index (χ1n) is 7.64. The third-order valence-electron chi connectivity index (χ3n) is 4.06. The molecule has 1 fully saturated rings. The molecule has 2 aromatic carbocycles. The van der Waals surface area contributed by atoms with E-state index in [1.54, 1.807) is 0 Å². The summed E-state index contributed by atoms with van der Waals surface area (Å²) in [5, 5.41) is 3.30. The maximum Gasteiger partial charge on any atom is 0.162 e. The lowest BCUT2D eigenvalue weighted by molar-refractivity contribution is 0.260. The van der Waals surface area contributed by atoms with Crippen LogP contribution in [-0.4, -0.2) is 26.8 Å². The van der Waals surface area contributed by atoms with E-state index in [0.29, 0.717) is 23.8 Å². The van der Waals surface area contributed by atoms with Crippen LogP contribution in [0.25, 0.3) is 11.1 Å². The highest BCUT2D eigenvalue weighted by Crippen LogP contribution is 2.33. The molecule has 0 radical (unpaired) electrons. The largest absolute Gasteiger partial charge is 0.496 e. The number of ether oxygens (including phenoxy) is 2. The van der Waals surface area contributed by atoms with Gasteiger partial charge in [0.1, 0.15) is 11.5 Å². The summed E-state index contributed by atoms with van der Waals surface area (Å²) >= 11 is 0. The van der Waals surface area contributed by atoms with Crippen LogP contribution in [0.5, 0.6) is 11.5 Å². The minimum atomic E-state index is -0.921. The van der Waals surface area contributed by atoms with Gasteiger partial charge in [0.15, 0.2) is 11.6 Å². The zero-order chi connectivity index (χ0) is 16.2. The zero-order valence-electron chi connectivity index (χ0n) is 12.9. The number of nitrogens with one attached hydrogen (secondary N) is 1. The van der Waals surface area contributed by atoms with E-state index in [2.05, 4.69) is 5.32 Å². The summed E-state index contributed by atoms with van der Waals surface area (Å²) in [6.07, 6.45) is 1.13. The number of benzene rings is 2. The maximum absolute atomic E-state index is 13.5. The second-order valence-corrected chi connectivity index (χ2v) is 5.66. The summed E-state index contributed by atoms with van der Waals surface area (Å²) in [4.78, 5) is 0. The first kappa shape index (κ1) is 15.7. The molecule has 1 heterocycles. The van der Waals surface area contributed by atoms with Gasteiger partial charge in [0, 0.05) is 24.1 Å². The van der Waals surface area contributed by atoms with Gasteiger partial charge in [-0.2, -0.15) is 0 Å². The number of halogens is 2. The van der Waals surface area contributed by atoms with Gasteiger partial charge in [-0.3, -0.25) is 0 Å². The lowest BCUT2D eigenvalue weighted by Crippen LogP contribution is -2.15. The summed E-state index contributed by atoms with van der Waals surface area (Å²) in [7, 11) is 1.43. The van der Waals surface area contributed by atoms with Crippen molar-refractivity contribution >= 4 is 0 Å². The minimum absolute atomic E-state index is 0.301. The standard InChI is InChI=1S/C18H19F2NO2/c1-22-18-9-17(20)16(19)8-15(18)13-2-4-14(5-3-13)23-11-12-6-7-21-10-12/h2-5,8-9,12,21H,6-7,10-11H2,1H3. The molecule has 0 aromatic heterocycles. The molecule has 122 valence electrons. The molecule has 5 heteroatoms. The molecule has 0 saturated carbocycles. The third-order valence-corrected chi connectivity index (χ3v) is 4.06. The van der Waals surface area contributed by atoms with Gasteiger partial charge in [-0.1, -0.05) is 12.1 Å². The summed E-state index contributed by atoms with van der Waals surface area (Å²) in [6, 6.07) is 9.50. The zero-order valence-corrected chi connectivity index (χ0v) is 12.9. The summed E-state index contributed by atoms with van der Waals surface area (Å²) < 4.78 is 37.7. The summed E-state index contributed by atoms with van der Waals surface area (Å²) in [5.74, 6) is -0.205. The van der Waals surface area contributed by atoms with Crippen LogP contribution in [0.2, 0.25) is 0 Å². The van der Waals surface area contributed by atoms with Crippen molar-refractivity contribution in [2.24, 2.45) is 5.92 Å². The SMILES string of the molecule is COc1cc(F)c(F)cc1-c1ccc(OCC2CCNC2)cc1. The molecule has 1 aliphatic rings. The van der Waals surface area contributed by atoms with Gasteiger partial charge in [0.25, 0.3) is 0 Å². The van der Waals surface area contributed by atoms with E-state index in [-0.39, 0.29) is 0 Å². The Balaban J connectivity index is 1.75. The van der Waals surface area contributed by atoms with Crippen molar-refractivity contribution in [2.45, 2.75) is 6.42 Å². The first-order valence-corrected chi connectivity index (χ1v) is 7.64. The Labute approximate surface area is 134 Å². The predicted octanol–water partition coefficient (Wildman–Crippen LogP) is 3.63. The first-order chi connectivity index (χ1) is 11.2. The third kappa shape index (κ3) is 3.62. The van der Waals surface area contributed by atoms with Crippen molar-refractivity contribution in [3.8, 4) is 22.6 Å². The van der Waals surface area contributed by atoms with Gasteiger partial charge in [0.2, 0.25) is 0 Å². The average molecular weight is 319 g/mol. The molecule has 0 aliphatic carbocycles. The highest BCUT2D eigenvalue weighted by molar-refractivity contribution is 5.71. The Morgan fingerprint density at radius 3 is 2.52 bits per heavy atom. The molecule has 1 unspecified atom stereocenters. The highest BCUT2D eigenvalue weighted by Gasteiger charge is 2.15. The van der Waals surface area contributed by atoms with Crippen molar-refractivity contribution in [1.29, 1.82) is 0 Å². The number of hydrogen-bond acceptors (Lipinski definition) is 3. The Hall–Kier alpha value is -2.14. The fraction of sp³-hybridized carbons (Fsp3) is 0.333. The number of rotatable bonds is 5. The second-order valence-electron chi connectivity index (χ2n) is 5.66. The lowest BCUT2D eigenvalue weighted by atomic mass is 10.0. The molecular weight excluding hydrogens is 300 g/mol.